The van der Waals surface area contributed by atoms with Gasteiger partial charge in [-0.1, -0.05) is 113 Å². The first-order valence-electron chi connectivity index (χ1n) is 14.4. The number of para-hydroxylation sites is 1. The van der Waals surface area contributed by atoms with Crippen molar-refractivity contribution >= 4 is 80.8 Å². The Bertz CT molecular complexity index is 2550. The fourth-order valence-corrected chi connectivity index (χ4v) is 7.13. The van der Waals surface area contributed by atoms with E-state index in [2.05, 4.69) is 149 Å². The maximum Gasteiger partial charge on any atom is 0.0795 e. The third-order valence-corrected chi connectivity index (χ3v) is 9.17. The number of hydrogen-bond acceptors (Lipinski definition) is 2. The molecule has 0 saturated carbocycles. The number of pyridine rings is 2. The Labute approximate surface area is 256 Å². The van der Waals surface area contributed by atoms with E-state index in [4.69, 9.17) is 9.97 Å². The zero-order chi connectivity index (χ0) is 28.5. The van der Waals surface area contributed by atoms with Crippen LogP contribution in [0.1, 0.15) is 0 Å². The summed E-state index contributed by atoms with van der Waals surface area (Å²) in [5.41, 5.74) is 6.07. The number of benzene rings is 7. The molecule has 0 N–H and O–H groups in total. The maximum atomic E-state index is 5.24. The third kappa shape index (κ3) is 3.78. The predicted molar refractivity (Wildman–Crippen MR) is 186 cm³/mol. The van der Waals surface area contributed by atoms with Gasteiger partial charge in [0.15, 0.2) is 0 Å². The van der Waals surface area contributed by atoms with Gasteiger partial charge in [-0.2, -0.15) is 0 Å². The van der Waals surface area contributed by atoms with Gasteiger partial charge < -0.3 is 0 Å². The molecule has 9 rings (SSSR count). The smallest absolute Gasteiger partial charge is 0.0795 e. The van der Waals surface area contributed by atoms with E-state index >= 15 is 0 Å². The van der Waals surface area contributed by atoms with Crippen molar-refractivity contribution in [1.82, 2.24) is 9.97 Å². The molecule has 0 spiro atoms. The lowest BCUT2D eigenvalue weighted by Crippen LogP contribution is -1.93. The van der Waals surface area contributed by atoms with Crippen molar-refractivity contribution in [2.75, 3.05) is 0 Å². The molecule has 7 aromatic carbocycles. The van der Waals surface area contributed by atoms with E-state index in [1.54, 1.807) is 0 Å². The average Bonchev–Trinajstić information content (AvgIpc) is 3.07. The Kier molecular flexibility index (Phi) is 5.38. The Balaban J connectivity index is 1.30. The minimum Gasteiger partial charge on any atom is -0.248 e. The molecule has 3 heteroatoms. The first-order valence-corrected chi connectivity index (χ1v) is 15.2. The van der Waals surface area contributed by atoms with Crippen LogP contribution in [0.4, 0.5) is 0 Å². The van der Waals surface area contributed by atoms with E-state index in [0.717, 1.165) is 54.2 Å². The van der Waals surface area contributed by atoms with Crippen molar-refractivity contribution in [2.24, 2.45) is 0 Å². The van der Waals surface area contributed by atoms with Crippen molar-refractivity contribution in [1.29, 1.82) is 0 Å². The van der Waals surface area contributed by atoms with Crippen LogP contribution in [0.25, 0.3) is 87.4 Å². The summed E-state index contributed by atoms with van der Waals surface area (Å²) < 4.78 is 1.03. The molecule has 0 saturated heterocycles. The van der Waals surface area contributed by atoms with Crippen molar-refractivity contribution in [3.63, 3.8) is 0 Å². The number of rotatable bonds is 2. The van der Waals surface area contributed by atoms with E-state index in [0.29, 0.717) is 0 Å². The third-order valence-electron chi connectivity index (χ3n) is 8.67. The minimum atomic E-state index is 0.960. The molecule has 2 aromatic heterocycles. The summed E-state index contributed by atoms with van der Waals surface area (Å²) in [7, 11) is 0. The second-order valence-electron chi connectivity index (χ2n) is 11.1. The van der Waals surface area contributed by atoms with Crippen LogP contribution in [0, 0.1) is 0 Å². The molecular formula is C40H23BrN2. The number of hydrogen-bond donors (Lipinski definition) is 0. The molecular weight excluding hydrogens is 588 g/mol. The van der Waals surface area contributed by atoms with Crippen LogP contribution in [0.2, 0.25) is 0 Å². The Morgan fingerprint density at radius 3 is 1.72 bits per heavy atom. The standard InChI is InChI=1S/C40H23BrN2/c41-26-9-7-8-25(22-26)40-39-33(32-14-5-6-15-37(32)43-40)18-21-38-34(39)19-20-36(42-38)24-16-17-31-29-12-2-1-10-27(29)28-11-3-4-13-30(28)35(31)23-24/h1-23H. The lowest BCUT2D eigenvalue weighted by atomic mass is 9.92. The second-order valence-corrected chi connectivity index (χ2v) is 12.0. The highest BCUT2D eigenvalue weighted by Gasteiger charge is 2.16. The van der Waals surface area contributed by atoms with Crippen LogP contribution >= 0.6 is 15.9 Å². The molecule has 2 nitrogen and oxygen atoms in total. The van der Waals surface area contributed by atoms with Gasteiger partial charge in [-0.05, 0) is 80.2 Å². The molecule has 0 aliphatic heterocycles. The zero-order valence-corrected chi connectivity index (χ0v) is 24.6. The first-order chi connectivity index (χ1) is 21.2. The van der Waals surface area contributed by atoms with Crippen LogP contribution in [0.3, 0.4) is 0 Å². The lowest BCUT2D eigenvalue weighted by Gasteiger charge is -2.14. The maximum absolute atomic E-state index is 5.24. The fraction of sp³-hybridized carbons (Fsp3) is 0. The van der Waals surface area contributed by atoms with Crippen molar-refractivity contribution in [2.45, 2.75) is 0 Å². The van der Waals surface area contributed by atoms with Crippen LogP contribution in [-0.4, -0.2) is 9.97 Å². The highest BCUT2D eigenvalue weighted by atomic mass is 79.9. The monoisotopic (exact) mass is 610 g/mol. The molecule has 0 fully saturated rings. The predicted octanol–water partition coefficient (Wildman–Crippen LogP) is 11.5. The highest BCUT2D eigenvalue weighted by molar-refractivity contribution is 9.10. The van der Waals surface area contributed by atoms with Crippen LogP contribution in [0.5, 0.6) is 0 Å². The number of halogens is 1. The summed E-state index contributed by atoms with van der Waals surface area (Å²) >= 11 is 3.66. The van der Waals surface area contributed by atoms with Crippen LogP contribution in [0.15, 0.2) is 144 Å². The molecule has 9 aromatic rings. The quantitative estimate of drug-likeness (QED) is 0.182. The van der Waals surface area contributed by atoms with Crippen molar-refractivity contribution < 1.29 is 0 Å². The molecule has 0 atom stereocenters. The van der Waals surface area contributed by atoms with Crippen LogP contribution in [-0.2, 0) is 0 Å². The summed E-state index contributed by atoms with van der Waals surface area (Å²) in [6.45, 7) is 0. The lowest BCUT2D eigenvalue weighted by molar-refractivity contribution is 1.40. The van der Waals surface area contributed by atoms with E-state index in [9.17, 15) is 0 Å². The Morgan fingerprint density at radius 1 is 0.372 bits per heavy atom. The van der Waals surface area contributed by atoms with Crippen molar-refractivity contribution in [3.05, 3.63) is 144 Å². The first kappa shape index (κ1) is 24.5. The van der Waals surface area contributed by atoms with Gasteiger partial charge in [0.25, 0.3) is 0 Å². The van der Waals surface area contributed by atoms with Crippen molar-refractivity contribution in [3.8, 4) is 22.5 Å². The SMILES string of the molecule is Brc1cccc(-c2nc3ccccc3c3ccc4nc(-c5ccc6c7ccccc7c7ccccc7c6c5)ccc4c23)c1. The Morgan fingerprint density at radius 2 is 0.977 bits per heavy atom. The van der Waals surface area contributed by atoms with E-state index in [-0.39, 0.29) is 0 Å². The van der Waals surface area contributed by atoms with E-state index in [1.807, 2.05) is 6.07 Å². The van der Waals surface area contributed by atoms with Gasteiger partial charge in [-0.15, -0.1) is 0 Å². The summed E-state index contributed by atoms with van der Waals surface area (Å²) in [5.74, 6) is 0. The summed E-state index contributed by atoms with van der Waals surface area (Å²) in [4.78, 5) is 10.4. The van der Waals surface area contributed by atoms with Gasteiger partial charge in [-0.25, -0.2) is 9.97 Å². The molecule has 0 bridgehead atoms. The van der Waals surface area contributed by atoms with Crippen LogP contribution < -0.4 is 0 Å². The average molecular weight is 612 g/mol. The van der Waals surface area contributed by atoms with E-state index in [1.165, 1.54) is 37.7 Å². The molecule has 200 valence electrons. The summed E-state index contributed by atoms with van der Waals surface area (Å²) in [6, 6.07) is 49.7. The molecule has 0 radical (unpaired) electrons. The summed E-state index contributed by atoms with van der Waals surface area (Å²) in [6.07, 6.45) is 0. The summed E-state index contributed by atoms with van der Waals surface area (Å²) in [5, 5.41) is 12.2. The topological polar surface area (TPSA) is 25.8 Å². The van der Waals surface area contributed by atoms with E-state index < -0.39 is 0 Å². The molecule has 2 heterocycles. The number of fused-ring (bicyclic) bond motifs is 11. The van der Waals surface area contributed by atoms with Gasteiger partial charge in [-0.3, -0.25) is 0 Å². The van der Waals surface area contributed by atoms with Gasteiger partial charge in [0.2, 0.25) is 0 Å². The molecule has 43 heavy (non-hydrogen) atoms. The van der Waals surface area contributed by atoms with Gasteiger partial charge in [0.05, 0.1) is 22.4 Å². The van der Waals surface area contributed by atoms with Gasteiger partial charge in [0.1, 0.15) is 0 Å². The number of aromatic nitrogens is 2. The Hall–Kier alpha value is -5.12. The molecule has 0 unspecified atom stereocenters. The minimum absolute atomic E-state index is 0.960. The number of nitrogens with zero attached hydrogens (tertiary/aromatic N) is 2. The molecule has 0 aliphatic carbocycles. The largest absolute Gasteiger partial charge is 0.248 e. The molecule has 0 amide bonds. The zero-order valence-electron chi connectivity index (χ0n) is 23.1. The highest BCUT2D eigenvalue weighted by Crippen LogP contribution is 2.40. The fourth-order valence-electron chi connectivity index (χ4n) is 6.73. The second kappa shape index (κ2) is 9.45. The van der Waals surface area contributed by atoms with Gasteiger partial charge in [0, 0.05) is 31.8 Å². The van der Waals surface area contributed by atoms with Gasteiger partial charge >= 0.3 is 0 Å². The molecule has 0 aliphatic rings. The normalized spacial score (nSPS) is 11.8.